The summed E-state index contributed by atoms with van der Waals surface area (Å²) in [6.07, 6.45) is -1.54. The van der Waals surface area contributed by atoms with Crippen molar-refractivity contribution >= 4 is 0 Å². The third kappa shape index (κ3) is 8.69. The molecule has 0 N–H and O–H groups in total. The molecule has 0 aromatic carbocycles. The van der Waals surface area contributed by atoms with Crippen LogP contribution in [-0.4, -0.2) is 35.6 Å². The topological polar surface area (TPSA) is 3.24 Å². The summed E-state index contributed by atoms with van der Waals surface area (Å²) >= 11 is 0. The fourth-order valence-corrected chi connectivity index (χ4v) is 3.55. The molecule has 1 nitrogen and oxygen atoms in total. The lowest BCUT2D eigenvalue weighted by Crippen LogP contribution is -2.59. The van der Waals surface area contributed by atoms with E-state index in [2.05, 4.69) is 0 Å². The van der Waals surface area contributed by atoms with Gasteiger partial charge >= 0.3 is 12.2 Å². The number of unbranched alkanes of at least 4 members (excludes halogenated alkanes) is 3. The molecule has 1 aliphatic rings. The Morgan fingerprint density at radius 3 is 2.21 bits per heavy atom. The Kier molecular flexibility index (Phi) is 10.2. The summed E-state index contributed by atoms with van der Waals surface area (Å²) in [5.41, 5.74) is 0. The average molecular weight is 431 g/mol. The van der Waals surface area contributed by atoms with E-state index in [4.69, 9.17) is 0 Å². The van der Waals surface area contributed by atoms with E-state index in [1.807, 2.05) is 6.92 Å². The first-order chi connectivity index (χ1) is 13.4. The van der Waals surface area contributed by atoms with Crippen LogP contribution < -0.4 is 0 Å². The van der Waals surface area contributed by atoms with Gasteiger partial charge in [-0.15, -0.1) is 0 Å². The van der Waals surface area contributed by atoms with Crippen LogP contribution in [0.4, 0.5) is 30.7 Å². The minimum Gasteiger partial charge on any atom is -0.239 e. The summed E-state index contributed by atoms with van der Waals surface area (Å²) in [4.78, 5) is 0.328. The van der Waals surface area contributed by atoms with Gasteiger partial charge in [-0.2, -0.15) is 22.0 Å². The Hall–Kier alpha value is -1.05. The molecular formula is C21H32F7N. The van der Waals surface area contributed by atoms with Gasteiger partial charge in [-0.3, -0.25) is 0 Å². The zero-order valence-electron chi connectivity index (χ0n) is 17.1. The molecule has 1 rings (SSSR count). The number of alkyl halides is 7. The molecule has 3 unspecified atom stereocenters. The summed E-state index contributed by atoms with van der Waals surface area (Å²) in [6.45, 7) is 3.33. The van der Waals surface area contributed by atoms with Crippen molar-refractivity contribution in [3.05, 3.63) is 24.3 Å². The van der Waals surface area contributed by atoms with Gasteiger partial charge in [0.25, 0.3) is 0 Å². The summed E-state index contributed by atoms with van der Waals surface area (Å²) in [5, 5.41) is 0. The van der Waals surface area contributed by atoms with Crippen LogP contribution in [0.2, 0.25) is 0 Å². The molecule has 170 valence electrons. The van der Waals surface area contributed by atoms with Crippen LogP contribution >= 0.6 is 0 Å². The fourth-order valence-electron chi connectivity index (χ4n) is 3.55. The molecule has 0 aromatic rings. The van der Waals surface area contributed by atoms with Crippen LogP contribution in [0, 0.1) is 5.92 Å². The largest absolute Gasteiger partial charge is 0.389 e. The summed E-state index contributed by atoms with van der Waals surface area (Å²) in [5.74, 6) is -2.72. The molecule has 0 radical (unpaired) electrons. The van der Waals surface area contributed by atoms with Gasteiger partial charge in [0.1, 0.15) is 0 Å². The molecule has 3 atom stereocenters. The zero-order valence-corrected chi connectivity index (χ0v) is 17.1. The van der Waals surface area contributed by atoms with Crippen LogP contribution in [0.15, 0.2) is 24.3 Å². The van der Waals surface area contributed by atoms with Gasteiger partial charge < -0.3 is 0 Å². The van der Waals surface area contributed by atoms with Gasteiger partial charge in [0.05, 0.1) is 0 Å². The van der Waals surface area contributed by atoms with Crippen molar-refractivity contribution in [1.82, 2.24) is 4.90 Å². The first-order valence-electron chi connectivity index (χ1n) is 10.3. The quantitative estimate of drug-likeness (QED) is 0.164. The number of allylic oxidation sites excluding steroid dienone is 2. The lowest BCUT2D eigenvalue weighted by Gasteiger charge is -2.43. The third-order valence-electron chi connectivity index (χ3n) is 5.13. The van der Waals surface area contributed by atoms with Crippen LogP contribution in [0.25, 0.3) is 0 Å². The lowest BCUT2D eigenvalue weighted by molar-refractivity contribution is -0.248. The van der Waals surface area contributed by atoms with Gasteiger partial charge in [0, 0.05) is 19.4 Å². The highest BCUT2D eigenvalue weighted by Crippen LogP contribution is 2.40. The Morgan fingerprint density at radius 2 is 1.66 bits per heavy atom. The normalized spacial score (nSPS) is 22.3. The molecule has 0 saturated carbocycles. The third-order valence-corrected chi connectivity index (χ3v) is 5.13. The van der Waals surface area contributed by atoms with Crippen molar-refractivity contribution in [3.63, 3.8) is 0 Å². The van der Waals surface area contributed by atoms with Gasteiger partial charge in [0.2, 0.25) is 0 Å². The highest BCUT2D eigenvalue weighted by molar-refractivity contribution is 5.18. The average Bonchev–Trinajstić information content (AvgIpc) is 2.62. The number of halogens is 7. The first kappa shape index (κ1) is 26.0. The van der Waals surface area contributed by atoms with Crippen molar-refractivity contribution in [2.75, 3.05) is 6.54 Å². The van der Waals surface area contributed by atoms with E-state index >= 15 is 4.39 Å². The van der Waals surface area contributed by atoms with E-state index in [0.29, 0.717) is 11.3 Å². The SMILES string of the molecule is CCCC(C)CN(C1(F)C=CC=CC1)C(F)(F)C(F)CCCCCCC(F)(F)F. The van der Waals surface area contributed by atoms with Crippen LogP contribution in [-0.2, 0) is 0 Å². The van der Waals surface area contributed by atoms with Gasteiger partial charge in [-0.05, 0) is 31.3 Å². The number of hydrogen-bond donors (Lipinski definition) is 0. The molecule has 8 heteroatoms. The molecule has 1 aliphatic carbocycles. The summed E-state index contributed by atoms with van der Waals surface area (Å²) < 4.78 is 96.0. The number of nitrogens with zero attached hydrogens (tertiary/aromatic N) is 1. The van der Waals surface area contributed by atoms with Crippen molar-refractivity contribution in [3.8, 4) is 0 Å². The standard InChI is InChI=1S/C21H32F7N/c1-3-11-17(2)16-29(19(23)13-8-6-9-14-19)21(27,28)18(22)12-7-4-5-10-15-20(24,25)26/h6,8-9,13,17-18H,3-5,7,10-12,14-16H2,1-2H3. The molecule has 0 saturated heterocycles. The lowest BCUT2D eigenvalue weighted by atomic mass is 9.97. The molecule has 0 amide bonds. The Balaban J connectivity index is 2.71. The second-order valence-electron chi connectivity index (χ2n) is 7.94. The molecule has 0 heterocycles. The molecular weight excluding hydrogens is 399 g/mol. The predicted molar refractivity (Wildman–Crippen MR) is 101 cm³/mol. The highest BCUT2D eigenvalue weighted by Gasteiger charge is 2.54. The minimum absolute atomic E-state index is 0.0298. The Morgan fingerprint density at radius 1 is 1.00 bits per heavy atom. The predicted octanol–water partition coefficient (Wildman–Crippen LogP) is 7.74. The Labute approximate surface area is 169 Å². The van der Waals surface area contributed by atoms with E-state index in [9.17, 15) is 26.3 Å². The van der Waals surface area contributed by atoms with Crippen molar-refractivity contribution in [1.29, 1.82) is 0 Å². The maximum Gasteiger partial charge on any atom is 0.389 e. The van der Waals surface area contributed by atoms with Crippen molar-refractivity contribution in [2.24, 2.45) is 5.92 Å². The van der Waals surface area contributed by atoms with E-state index < -0.39 is 37.0 Å². The summed E-state index contributed by atoms with van der Waals surface area (Å²) in [6, 6.07) is -4.02. The van der Waals surface area contributed by atoms with Gasteiger partial charge in [0.15, 0.2) is 12.0 Å². The van der Waals surface area contributed by atoms with Gasteiger partial charge in [-0.1, -0.05) is 57.8 Å². The molecule has 0 aliphatic heterocycles. The monoisotopic (exact) mass is 431 g/mol. The van der Waals surface area contributed by atoms with E-state index in [-0.39, 0.29) is 44.6 Å². The van der Waals surface area contributed by atoms with E-state index in [0.717, 1.165) is 12.5 Å². The maximum absolute atomic E-state index is 15.3. The molecule has 0 bridgehead atoms. The minimum atomic E-state index is -4.25. The zero-order chi connectivity index (χ0) is 22.1. The number of rotatable bonds is 13. The number of hydrogen-bond acceptors (Lipinski definition) is 1. The van der Waals surface area contributed by atoms with Gasteiger partial charge in [-0.25, -0.2) is 13.7 Å². The van der Waals surface area contributed by atoms with E-state index in [1.54, 1.807) is 13.0 Å². The molecule has 0 spiro atoms. The molecule has 29 heavy (non-hydrogen) atoms. The molecule has 0 fully saturated rings. The second kappa shape index (κ2) is 11.4. The molecule has 0 aromatic heterocycles. The fraction of sp³-hybridized carbons (Fsp3) is 0.810. The second-order valence-corrected chi connectivity index (χ2v) is 7.94. The van der Waals surface area contributed by atoms with Crippen LogP contribution in [0.3, 0.4) is 0 Å². The first-order valence-corrected chi connectivity index (χ1v) is 10.3. The van der Waals surface area contributed by atoms with E-state index in [1.165, 1.54) is 12.2 Å². The Bertz CT molecular complexity index is 530. The van der Waals surface area contributed by atoms with Crippen molar-refractivity contribution in [2.45, 2.75) is 95.8 Å². The maximum atomic E-state index is 15.3. The van der Waals surface area contributed by atoms with Crippen LogP contribution in [0.1, 0.15) is 71.6 Å². The van der Waals surface area contributed by atoms with Crippen LogP contribution in [0.5, 0.6) is 0 Å². The smallest absolute Gasteiger partial charge is 0.239 e. The van der Waals surface area contributed by atoms with Crippen molar-refractivity contribution < 1.29 is 30.7 Å². The summed E-state index contributed by atoms with van der Waals surface area (Å²) in [7, 11) is 0. The highest BCUT2D eigenvalue weighted by atomic mass is 19.4.